The summed E-state index contributed by atoms with van der Waals surface area (Å²) in [7, 11) is 0. The highest BCUT2D eigenvalue weighted by atomic mass is 127. The first-order valence-electron chi connectivity index (χ1n) is 6.30. The molecule has 0 aliphatic carbocycles. The lowest BCUT2D eigenvalue weighted by Gasteiger charge is -2.11. The zero-order valence-corrected chi connectivity index (χ0v) is 14.7. The van der Waals surface area contributed by atoms with Gasteiger partial charge in [0.15, 0.2) is 0 Å². The van der Waals surface area contributed by atoms with E-state index < -0.39 is 0 Å². The van der Waals surface area contributed by atoms with Crippen LogP contribution in [0.15, 0.2) is 11.4 Å². The number of aryl methyl sites for hydroxylation is 2. The summed E-state index contributed by atoms with van der Waals surface area (Å²) < 4.78 is 3.23. The average Bonchev–Trinajstić information content (AvgIpc) is 2.95. The maximum atomic E-state index is 6.41. The Balaban J connectivity index is 2.25. The van der Waals surface area contributed by atoms with Crippen LogP contribution in [0.4, 0.5) is 0 Å². The van der Waals surface area contributed by atoms with E-state index in [-0.39, 0.29) is 6.04 Å². The second-order valence-electron chi connectivity index (χ2n) is 4.37. The minimum Gasteiger partial charge on any atom is -0.324 e. The van der Waals surface area contributed by atoms with Crippen LogP contribution in [0.25, 0.3) is 0 Å². The van der Waals surface area contributed by atoms with Crippen LogP contribution in [0.2, 0.25) is 5.02 Å². The molecule has 2 aromatic rings. The number of thiophene rings is 1. The van der Waals surface area contributed by atoms with Gasteiger partial charge in [0.05, 0.1) is 19.3 Å². The number of halogens is 2. The van der Waals surface area contributed by atoms with Crippen molar-refractivity contribution in [2.24, 2.45) is 5.73 Å². The minimum absolute atomic E-state index is 0.0241. The number of hydrogen-bond acceptors (Lipinski definition) is 3. The quantitative estimate of drug-likeness (QED) is 0.758. The predicted octanol–water partition coefficient (Wildman–Crippen LogP) is 4.03. The highest BCUT2D eigenvalue weighted by molar-refractivity contribution is 14.1. The van der Waals surface area contributed by atoms with Crippen molar-refractivity contribution >= 4 is 45.5 Å². The Morgan fingerprint density at radius 3 is 2.79 bits per heavy atom. The number of hydrogen-bond donors (Lipinski definition) is 1. The van der Waals surface area contributed by atoms with Crippen LogP contribution in [0.3, 0.4) is 0 Å². The average molecular weight is 410 g/mol. The predicted molar refractivity (Wildman–Crippen MR) is 90.0 cm³/mol. The molecule has 2 N–H and O–H groups in total. The first-order chi connectivity index (χ1) is 9.06. The molecule has 6 heteroatoms. The molecule has 0 spiro atoms. The van der Waals surface area contributed by atoms with Crippen molar-refractivity contribution in [3.8, 4) is 0 Å². The molecule has 104 valence electrons. The smallest absolute Gasteiger partial charge is 0.0850 e. The molecule has 0 aromatic carbocycles. The van der Waals surface area contributed by atoms with E-state index in [1.807, 2.05) is 4.68 Å². The van der Waals surface area contributed by atoms with Gasteiger partial charge in [-0.25, -0.2) is 0 Å². The molecule has 0 radical (unpaired) electrons. The third-order valence-corrected chi connectivity index (χ3v) is 5.37. The molecule has 2 heterocycles. The van der Waals surface area contributed by atoms with E-state index >= 15 is 0 Å². The molecule has 0 saturated heterocycles. The molecule has 2 aromatic heterocycles. The van der Waals surface area contributed by atoms with Gasteiger partial charge in [-0.1, -0.05) is 18.5 Å². The van der Waals surface area contributed by atoms with E-state index in [0.29, 0.717) is 0 Å². The van der Waals surface area contributed by atoms with Crippen LogP contribution in [0.1, 0.15) is 36.8 Å². The fraction of sp³-hybridized carbons (Fsp3) is 0.462. The Hall–Kier alpha value is -0.110. The van der Waals surface area contributed by atoms with Crippen molar-refractivity contribution in [1.82, 2.24) is 9.78 Å². The fourth-order valence-electron chi connectivity index (χ4n) is 2.06. The second kappa shape index (κ2) is 6.56. The highest BCUT2D eigenvalue weighted by Gasteiger charge is 2.18. The lowest BCUT2D eigenvalue weighted by atomic mass is 10.1. The first kappa shape index (κ1) is 15.3. The van der Waals surface area contributed by atoms with Crippen LogP contribution in [0.5, 0.6) is 0 Å². The SMILES string of the molecule is CCc1nn(CC)c(CC(N)c2csc(I)c2)c1Cl. The largest absolute Gasteiger partial charge is 0.324 e. The van der Waals surface area contributed by atoms with E-state index in [0.717, 1.165) is 35.8 Å². The third-order valence-electron chi connectivity index (χ3n) is 3.12. The maximum absolute atomic E-state index is 6.41. The van der Waals surface area contributed by atoms with Crippen molar-refractivity contribution in [2.75, 3.05) is 0 Å². The van der Waals surface area contributed by atoms with Gasteiger partial charge in [0, 0.05) is 19.0 Å². The summed E-state index contributed by atoms with van der Waals surface area (Å²) in [6, 6.07) is 2.11. The van der Waals surface area contributed by atoms with Gasteiger partial charge in [0.2, 0.25) is 0 Å². The zero-order valence-electron chi connectivity index (χ0n) is 11.0. The van der Waals surface area contributed by atoms with Crippen LogP contribution < -0.4 is 5.73 Å². The summed E-state index contributed by atoms with van der Waals surface area (Å²) in [5.41, 5.74) is 9.47. The zero-order chi connectivity index (χ0) is 14.0. The maximum Gasteiger partial charge on any atom is 0.0850 e. The van der Waals surface area contributed by atoms with Gasteiger partial charge < -0.3 is 5.73 Å². The summed E-state index contributed by atoms with van der Waals surface area (Å²) in [6.07, 6.45) is 1.58. The van der Waals surface area contributed by atoms with E-state index in [2.05, 4.69) is 53.0 Å². The molecule has 0 saturated carbocycles. The normalized spacial score (nSPS) is 12.9. The van der Waals surface area contributed by atoms with Crippen molar-refractivity contribution in [1.29, 1.82) is 0 Å². The number of rotatable bonds is 5. The van der Waals surface area contributed by atoms with Crippen molar-refractivity contribution in [2.45, 2.75) is 39.3 Å². The molecular weight excluding hydrogens is 393 g/mol. The summed E-state index contributed by atoms with van der Waals surface area (Å²) in [5.74, 6) is 0. The molecule has 0 aliphatic rings. The van der Waals surface area contributed by atoms with Crippen LogP contribution in [0, 0.1) is 2.88 Å². The summed E-state index contributed by atoms with van der Waals surface area (Å²) in [4.78, 5) is 0. The third kappa shape index (κ3) is 3.32. The number of nitrogens with zero attached hydrogens (tertiary/aromatic N) is 2. The summed E-state index contributed by atoms with van der Waals surface area (Å²) >= 11 is 10.4. The lowest BCUT2D eigenvalue weighted by molar-refractivity contribution is 0.586. The molecule has 1 unspecified atom stereocenters. The van der Waals surface area contributed by atoms with Gasteiger partial charge in [-0.2, -0.15) is 5.10 Å². The molecule has 19 heavy (non-hydrogen) atoms. The highest BCUT2D eigenvalue weighted by Crippen LogP contribution is 2.28. The molecule has 3 nitrogen and oxygen atoms in total. The van der Waals surface area contributed by atoms with E-state index in [9.17, 15) is 0 Å². The summed E-state index contributed by atoms with van der Waals surface area (Å²) in [5, 5.41) is 7.43. The van der Waals surface area contributed by atoms with Crippen molar-refractivity contribution < 1.29 is 0 Å². The topological polar surface area (TPSA) is 43.8 Å². The molecule has 0 amide bonds. The molecular formula is C13H17ClIN3S. The molecule has 0 fully saturated rings. The molecule has 1 atom stereocenters. The Kier molecular flexibility index (Phi) is 5.28. The Bertz CT molecular complexity index is 564. The monoisotopic (exact) mass is 409 g/mol. The Morgan fingerprint density at radius 1 is 1.53 bits per heavy atom. The molecule has 0 aliphatic heterocycles. The van der Waals surface area contributed by atoms with Crippen LogP contribution in [-0.2, 0) is 19.4 Å². The molecule has 0 bridgehead atoms. The minimum atomic E-state index is -0.0241. The fourth-order valence-corrected chi connectivity index (χ4v) is 3.84. The van der Waals surface area contributed by atoms with Gasteiger partial charge in [-0.3, -0.25) is 4.68 Å². The van der Waals surface area contributed by atoms with Crippen LogP contribution in [-0.4, -0.2) is 9.78 Å². The van der Waals surface area contributed by atoms with Gasteiger partial charge in [-0.15, -0.1) is 11.3 Å². The van der Waals surface area contributed by atoms with E-state index in [4.69, 9.17) is 17.3 Å². The van der Waals surface area contributed by atoms with Gasteiger partial charge in [0.1, 0.15) is 0 Å². The second-order valence-corrected chi connectivity index (χ2v) is 7.55. The summed E-state index contributed by atoms with van der Waals surface area (Å²) in [6.45, 7) is 4.97. The van der Waals surface area contributed by atoms with Crippen LogP contribution >= 0.6 is 45.5 Å². The standard InChI is InChI=1S/C13H17ClIN3S/c1-3-10-13(14)11(18(4-2)17-10)6-9(16)8-5-12(15)19-7-8/h5,7,9H,3-4,6,16H2,1-2H3. The number of aromatic nitrogens is 2. The number of nitrogens with two attached hydrogens (primary N) is 1. The lowest BCUT2D eigenvalue weighted by Crippen LogP contribution is -2.15. The van der Waals surface area contributed by atoms with E-state index in [1.54, 1.807) is 11.3 Å². The van der Waals surface area contributed by atoms with Gasteiger partial charge in [0.25, 0.3) is 0 Å². The van der Waals surface area contributed by atoms with Gasteiger partial charge >= 0.3 is 0 Å². The van der Waals surface area contributed by atoms with Crippen molar-refractivity contribution in [3.63, 3.8) is 0 Å². The Morgan fingerprint density at radius 2 is 2.26 bits per heavy atom. The Labute approximate surface area is 136 Å². The first-order valence-corrected chi connectivity index (χ1v) is 8.64. The molecule has 2 rings (SSSR count). The van der Waals surface area contributed by atoms with E-state index in [1.165, 1.54) is 8.45 Å². The van der Waals surface area contributed by atoms with Crippen molar-refractivity contribution in [3.05, 3.63) is 36.3 Å². The van der Waals surface area contributed by atoms with Gasteiger partial charge in [-0.05, 0) is 52.9 Å².